The number of hydrogen-bond donors (Lipinski definition) is 3. The highest BCUT2D eigenvalue weighted by Crippen LogP contribution is 1.87. The van der Waals surface area contributed by atoms with E-state index >= 15 is 0 Å². The normalized spacial score (nSPS) is 11.1. The van der Waals surface area contributed by atoms with Crippen molar-refractivity contribution in [3.05, 3.63) is 0 Å². The summed E-state index contributed by atoms with van der Waals surface area (Å²) in [6, 6.07) is -1.19. The molecule has 0 aromatic rings. The van der Waals surface area contributed by atoms with Crippen LogP contribution in [0.15, 0.2) is 0 Å². The van der Waals surface area contributed by atoms with Gasteiger partial charge in [0, 0.05) is 0 Å². The summed E-state index contributed by atoms with van der Waals surface area (Å²) in [5.74, 6) is 0.388. The average Bonchev–Trinajstić information content (AvgIpc) is 2.25. The molecule has 0 radical (unpaired) electrons. The Hall–Kier alpha value is -2.07. The Balaban J connectivity index is 3.85. The fourth-order valence-corrected chi connectivity index (χ4v) is 0.850. The lowest BCUT2D eigenvalue weighted by molar-refractivity contribution is -0.143. The zero-order chi connectivity index (χ0) is 13.3. The number of aliphatic carboxylic acids is 1. The molecule has 1 unspecified atom stereocenters. The molecule has 0 aromatic carbocycles. The molecule has 0 saturated heterocycles. The van der Waals surface area contributed by atoms with E-state index < -0.39 is 37.2 Å². The van der Waals surface area contributed by atoms with Gasteiger partial charge in [-0.1, -0.05) is 12.8 Å². The maximum atomic E-state index is 11.2. The van der Waals surface area contributed by atoms with Gasteiger partial charge in [0.05, 0.1) is 6.04 Å². The predicted molar refractivity (Wildman–Crippen MR) is 58.0 cm³/mol. The van der Waals surface area contributed by atoms with Crippen LogP contribution in [0.5, 0.6) is 0 Å². The van der Waals surface area contributed by atoms with E-state index in [2.05, 4.69) is 16.0 Å². The van der Waals surface area contributed by atoms with E-state index in [4.69, 9.17) is 11.5 Å². The maximum Gasteiger partial charge on any atom is 0.329 e. The van der Waals surface area contributed by atoms with Gasteiger partial charge in [-0.15, -0.1) is 6.42 Å². The fourth-order valence-electron chi connectivity index (χ4n) is 0.850. The Morgan fingerprint density at radius 1 is 1.41 bits per heavy atom. The first-order valence-corrected chi connectivity index (χ1v) is 4.85. The summed E-state index contributed by atoms with van der Waals surface area (Å²) in [7, 11) is 0. The molecule has 0 rings (SSSR count). The smallest absolute Gasteiger partial charge is 0.329 e. The highest BCUT2D eigenvalue weighted by Gasteiger charge is 2.11. The lowest BCUT2D eigenvalue weighted by Gasteiger charge is -2.10. The van der Waals surface area contributed by atoms with Gasteiger partial charge in [-0.2, -0.15) is 0 Å². The lowest BCUT2D eigenvalue weighted by Crippen LogP contribution is -2.45. The molecule has 0 aliphatic carbocycles. The molecule has 7 heteroatoms. The second kappa shape index (κ2) is 8.13. The molecule has 94 valence electrons. The summed E-state index contributed by atoms with van der Waals surface area (Å²) in [4.78, 5) is 32.3. The van der Waals surface area contributed by atoms with Crippen LogP contribution in [0, 0.1) is 12.3 Å². The summed E-state index contributed by atoms with van der Waals surface area (Å²) >= 11 is 0. The minimum absolute atomic E-state index is 0.456. The van der Waals surface area contributed by atoms with E-state index in [1.807, 2.05) is 5.32 Å². The van der Waals surface area contributed by atoms with Gasteiger partial charge in [0.15, 0.2) is 0 Å². The van der Waals surface area contributed by atoms with Gasteiger partial charge in [0.25, 0.3) is 5.91 Å². The van der Waals surface area contributed by atoms with Crippen molar-refractivity contribution in [2.24, 2.45) is 0 Å². The summed E-state index contributed by atoms with van der Waals surface area (Å²) in [6.07, 6.45) is 5.64. The standard InChI is InChI=1S/C10H14N2O5/c1-3-7(4-2)11-10(16)12-8(13)5-17-6-9(14)15/h1,7H,4-6H2,2H3,(H,14,15)(H2,11,12,13,16). The quantitative estimate of drug-likeness (QED) is 0.535. The van der Waals surface area contributed by atoms with Crippen LogP contribution in [-0.2, 0) is 14.3 Å². The second-order valence-corrected chi connectivity index (χ2v) is 3.04. The zero-order valence-electron chi connectivity index (χ0n) is 9.36. The monoisotopic (exact) mass is 242 g/mol. The van der Waals surface area contributed by atoms with E-state index in [0.717, 1.165) is 0 Å². The number of imide groups is 1. The van der Waals surface area contributed by atoms with Gasteiger partial charge in [0.1, 0.15) is 13.2 Å². The van der Waals surface area contributed by atoms with Crippen molar-refractivity contribution in [1.82, 2.24) is 10.6 Å². The lowest BCUT2D eigenvalue weighted by atomic mass is 10.2. The van der Waals surface area contributed by atoms with Gasteiger partial charge in [-0.25, -0.2) is 9.59 Å². The summed E-state index contributed by atoms with van der Waals surface area (Å²) in [6.45, 7) is 0.673. The Labute approximate surface area is 98.5 Å². The van der Waals surface area contributed by atoms with Crippen molar-refractivity contribution in [3.8, 4) is 12.3 Å². The number of terminal acetylenes is 1. The van der Waals surface area contributed by atoms with Crippen LogP contribution in [0.1, 0.15) is 13.3 Å². The van der Waals surface area contributed by atoms with Crippen LogP contribution < -0.4 is 10.6 Å². The molecular weight excluding hydrogens is 228 g/mol. The van der Waals surface area contributed by atoms with Crippen LogP contribution in [0.3, 0.4) is 0 Å². The Morgan fingerprint density at radius 2 is 2.06 bits per heavy atom. The molecule has 0 fully saturated rings. The van der Waals surface area contributed by atoms with Crippen molar-refractivity contribution < 1.29 is 24.2 Å². The highest BCUT2D eigenvalue weighted by atomic mass is 16.5. The van der Waals surface area contributed by atoms with Crippen molar-refractivity contribution in [2.75, 3.05) is 13.2 Å². The van der Waals surface area contributed by atoms with Gasteiger partial charge in [-0.3, -0.25) is 10.1 Å². The van der Waals surface area contributed by atoms with Gasteiger partial charge >= 0.3 is 12.0 Å². The van der Waals surface area contributed by atoms with Crippen molar-refractivity contribution in [3.63, 3.8) is 0 Å². The first-order valence-electron chi connectivity index (χ1n) is 4.85. The van der Waals surface area contributed by atoms with Crippen LogP contribution in [0.4, 0.5) is 4.79 Å². The number of carbonyl (C=O) groups is 3. The molecule has 17 heavy (non-hydrogen) atoms. The molecule has 0 aliphatic rings. The third-order valence-electron chi connectivity index (χ3n) is 1.63. The van der Waals surface area contributed by atoms with E-state index in [-0.39, 0.29) is 0 Å². The van der Waals surface area contributed by atoms with Crippen LogP contribution in [0.25, 0.3) is 0 Å². The number of urea groups is 1. The van der Waals surface area contributed by atoms with Gasteiger partial charge in [-0.05, 0) is 6.42 Å². The van der Waals surface area contributed by atoms with Crippen molar-refractivity contribution in [2.45, 2.75) is 19.4 Å². The molecule has 0 spiro atoms. The maximum absolute atomic E-state index is 11.2. The molecule has 0 aliphatic heterocycles. The van der Waals surface area contributed by atoms with E-state index in [1.165, 1.54) is 0 Å². The second-order valence-electron chi connectivity index (χ2n) is 3.04. The summed E-state index contributed by atoms with van der Waals surface area (Å²) in [5.41, 5.74) is 0. The molecule has 0 bridgehead atoms. The molecule has 7 nitrogen and oxygen atoms in total. The number of carbonyl (C=O) groups excluding carboxylic acids is 2. The van der Waals surface area contributed by atoms with Crippen LogP contribution in [-0.4, -0.2) is 42.3 Å². The third kappa shape index (κ3) is 7.81. The highest BCUT2D eigenvalue weighted by molar-refractivity contribution is 5.95. The molecule has 3 N–H and O–H groups in total. The fraction of sp³-hybridized carbons (Fsp3) is 0.500. The minimum Gasteiger partial charge on any atom is -0.480 e. The number of hydrogen-bond acceptors (Lipinski definition) is 4. The number of carboxylic acids is 1. The number of amides is 3. The van der Waals surface area contributed by atoms with Crippen molar-refractivity contribution in [1.29, 1.82) is 0 Å². The molecule has 0 saturated carbocycles. The minimum atomic E-state index is -1.19. The molecular formula is C10H14N2O5. The van der Waals surface area contributed by atoms with E-state index in [1.54, 1.807) is 6.92 Å². The Morgan fingerprint density at radius 3 is 2.53 bits per heavy atom. The SMILES string of the molecule is C#CC(CC)NC(=O)NC(=O)COCC(=O)O. The Kier molecular flexibility index (Phi) is 7.14. The van der Waals surface area contributed by atoms with Crippen molar-refractivity contribution >= 4 is 17.9 Å². The molecule has 0 heterocycles. The van der Waals surface area contributed by atoms with Crippen LogP contribution >= 0.6 is 0 Å². The van der Waals surface area contributed by atoms with Crippen LogP contribution in [0.2, 0.25) is 0 Å². The summed E-state index contributed by atoms with van der Waals surface area (Å²) in [5, 5.41) is 12.6. The zero-order valence-corrected chi connectivity index (χ0v) is 9.36. The summed E-state index contributed by atoms with van der Waals surface area (Å²) < 4.78 is 4.48. The third-order valence-corrected chi connectivity index (χ3v) is 1.63. The van der Waals surface area contributed by atoms with E-state index in [0.29, 0.717) is 6.42 Å². The average molecular weight is 242 g/mol. The molecule has 1 atom stereocenters. The molecule has 0 aromatic heterocycles. The number of carboxylic acid groups (broad SMARTS) is 1. The first-order chi connectivity index (χ1) is 7.99. The van der Waals surface area contributed by atoms with Gasteiger partial charge < -0.3 is 15.2 Å². The molecule has 3 amide bonds. The number of nitrogens with one attached hydrogen (secondary N) is 2. The topological polar surface area (TPSA) is 105 Å². The largest absolute Gasteiger partial charge is 0.480 e. The van der Waals surface area contributed by atoms with E-state index in [9.17, 15) is 14.4 Å². The predicted octanol–water partition coefficient (Wildman–Crippen LogP) is -0.675. The Bertz CT molecular complexity index is 334. The van der Waals surface area contributed by atoms with Gasteiger partial charge in [0.2, 0.25) is 0 Å². The number of ether oxygens (including phenoxy) is 1. The number of rotatable bonds is 6. The first kappa shape index (κ1) is 14.9.